The first-order valence-electron chi connectivity index (χ1n) is 4.23. The molecule has 0 aliphatic carbocycles. The van der Waals surface area contributed by atoms with Crippen molar-refractivity contribution in [3.8, 4) is 0 Å². The van der Waals surface area contributed by atoms with Gasteiger partial charge in [-0.2, -0.15) is 0 Å². The molecule has 76 valence electrons. The highest BCUT2D eigenvalue weighted by Crippen LogP contribution is 2.07. The monoisotopic (exact) mass is 189 g/mol. The summed E-state index contributed by atoms with van der Waals surface area (Å²) in [7, 11) is 0. The third-order valence-electron chi connectivity index (χ3n) is 1.69. The Kier molecular flexibility index (Phi) is 5.88. The highest BCUT2D eigenvalue weighted by atomic mass is 16.4. The molecule has 5 heteroatoms. The number of carboxylic acid groups (broad SMARTS) is 2. The minimum absolute atomic E-state index is 0.305. The SMILES string of the molecule is CCNCCC(CC(=O)O)C(=O)O. The van der Waals surface area contributed by atoms with Gasteiger partial charge in [-0.05, 0) is 19.5 Å². The summed E-state index contributed by atoms with van der Waals surface area (Å²) >= 11 is 0. The summed E-state index contributed by atoms with van der Waals surface area (Å²) in [4.78, 5) is 20.8. The molecule has 0 aromatic rings. The van der Waals surface area contributed by atoms with Gasteiger partial charge in [-0.25, -0.2) is 0 Å². The van der Waals surface area contributed by atoms with Crippen LogP contribution in [0.2, 0.25) is 0 Å². The third kappa shape index (κ3) is 6.10. The lowest BCUT2D eigenvalue weighted by molar-refractivity contribution is -0.148. The van der Waals surface area contributed by atoms with E-state index in [-0.39, 0.29) is 6.42 Å². The van der Waals surface area contributed by atoms with Crippen LogP contribution < -0.4 is 5.32 Å². The molecule has 0 rings (SSSR count). The van der Waals surface area contributed by atoms with Crippen molar-refractivity contribution in [3.63, 3.8) is 0 Å². The van der Waals surface area contributed by atoms with Crippen molar-refractivity contribution in [2.75, 3.05) is 13.1 Å². The van der Waals surface area contributed by atoms with Gasteiger partial charge in [0.2, 0.25) is 0 Å². The molecule has 1 atom stereocenters. The summed E-state index contributed by atoms with van der Waals surface area (Å²) < 4.78 is 0. The van der Waals surface area contributed by atoms with Crippen LogP contribution in [-0.2, 0) is 9.59 Å². The van der Waals surface area contributed by atoms with Crippen molar-refractivity contribution < 1.29 is 19.8 Å². The van der Waals surface area contributed by atoms with Crippen molar-refractivity contribution in [2.45, 2.75) is 19.8 Å². The highest BCUT2D eigenvalue weighted by Gasteiger charge is 2.19. The Balaban J connectivity index is 3.81. The van der Waals surface area contributed by atoms with E-state index in [0.717, 1.165) is 6.54 Å². The number of rotatable bonds is 7. The van der Waals surface area contributed by atoms with Crippen LogP contribution in [0.4, 0.5) is 0 Å². The molecule has 5 nitrogen and oxygen atoms in total. The molecule has 0 saturated carbocycles. The fourth-order valence-electron chi connectivity index (χ4n) is 0.977. The first kappa shape index (κ1) is 11.9. The molecular weight excluding hydrogens is 174 g/mol. The average molecular weight is 189 g/mol. The van der Waals surface area contributed by atoms with Gasteiger partial charge in [0.1, 0.15) is 0 Å². The summed E-state index contributed by atoms with van der Waals surface area (Å²) in [6.45, 7) is 3.22. The summed E-state index contributed by atoms with van der Waals surface area (Å²) in [6, 6.07) is 0. The van der Waals surface area contributed by atoms with Gasteiger partial charge >= 0.3 is 11.9 Å². The van der Waals surface area contributed by atoms with Gasteiger partial charge in [0, 0.05) is 0 Å². The van der Waals surface area contributed by atoms with Gasteiger partial charge in [0.15, 0.2) is 0 Å². The van der Waals surface area contributed by atoms with Gasteiger partial charge in [-0.1, -0.05) is 6.92 Å². The van der Waals surface area contributed by atoms with E-state index in [0.29, 0.717) is 13.0 Å². The van der Waals surface area contributed by atoms with E-state index in [1.807, 2.05) is 6.92 Å². The Morgan fingerprint density at radius 1 is 1.38 bits per heavy atom. The van der Waals surface area contributed by atoms with E-state index in [4.69, 9.17) is 10.2 Å². The molecule has 0 fully saturated rings. The molecule has 0 spiro atoms. The number of aliphatic carboxylic acids is 2. The summed E-state index contributed by atoms with van der Waals surface area (Å²) in [5.74, 6) is -2.89. The second-order valence-electron chi connectivity index (χ2n) is 2.78. The molecule has 0 radical (unpaired) electrons. The van der Waals surface area contributed by atoms with Crippen LogP contribution in [0.15, 0.2) is 0 Å². The Morgan fingerprint density at radius 3 is 2.38 bits per heavy atom. The van der Waals surface area contributed by atoms with Crippen LogP contribution >= 0.6 is 0 Å². The summed E-state index contributed by atoms with van der Waals surface area (Å²) in [6.07, 6.45) is 0.0518. The Hall–Kier alpha value is -1.10. The Bertz CT molecular complexity index is 181. The van der Waals surface area contributed by atoms with Crippen molar-refractivity contribution >= 4 is 11.9 Å². The third-order valence-corrected chi connectivity index (χ3v) is 1.69. The maximum absolute atomic E-state index is 10.5. The Labute approximate surface area is 76.8 Å². The number of nitrogens with one attached hydrogen (secondary N) is 1. The zero-order valence-electron chi connectivity index (χ0n) is 7.62. The van der Waals surface area contributed by atoms with E-state index in [9.17, 15) is 9.59 Å². The fraction of sp³-hybridized carbons (Fsp3) is 0.750. The topological polar surface area (TPSA) is 86.6 Å². The maximum atomic E-state index is 10.5. The molecule has 0 amide bonds. The summed E-state index contributed by atoms with van der Waals surface area (Å²) in [5.41, 5.74) is 0. The molecule has 13 heavy (non-hydrogen) atoms. The molecule has 0 heterocycles. The number of carboxylic acids is 2. The highest BCUT2D eigenvalue weighted by molar-refractivity contribution is 5.77. The predicted molar refractivity (Wildman–Crippen MR) is 46.5 cm³/mol. The number of carbonyl (C=O) groups is 2. The normalized spacial score (nSPS) is 12.4. The van der Waals surface area contributed by atoms with Crippen LogP contribution in [0.1, 0.15) is 19.8 Å². The second kappa shape index (κ2) is 6.42. The lowest BCUT2D eigenvalue weighted by Crippen LogP contribution is -2.24. The van der Waals surface area contributed by atoms with Crippen LogP contribution in [-0.4, -0.2) is 35.2 Å². The summed E-state index contributed by atoms with van der Waals surface area (Å²) in [5, 5.41) is 20.0. The first-order valence-corrected chi connectivity index (χ1v) is 4.23. The molecule has 0 aliphatic heterocycles. The van der Waals surface area contributed by atoms with E-state index in [1.54, 1.807) is 0 Å². The van der Waals surface area contributed by atoms with Gasteiger partial charge in [-0.3, -0.25) is 9.59 Å². The quantitative estimate of drug-likeness (QED) is 0.497. The molecule has 0 aliphatic rings. The van der Waals surface area contributed by atoms with E-state index >= 15 is 0 Å². The largest absolute Gasteiger partial charge is 0.481 e. The number of hydrogen-bond acceptors (Lipinski definition) is 3. The average Bonchev–Trinajstić information content (AvgIpc) is 2.02. The van der Waals surface area contributed by atoms with Crippen LogP contribution in [0.25, 0.3) is 0 Å². The molecule has 3 N–H and O–H groups in total. The maximum Gasteiger partial charge on any atom is 0.307 e. The lowest BCUT2D eigenvalue weighted by atomic mass is 10.0. The zero-order valence-corrected chi connectivity index (χ0v) is 7.62. The molecule has 0 bridgehead atoms. The van der Waals surface area contributed by atoms with Crippen molar-refractivity contribution in [1.82, 2.24) is 5.32 Å². The van der Waals surface area contributed by atoms with Gasteiger partial charge in [-0.15, -0.1) is 0 Å². The Morgan fingerprint density at radius 2 is 2.00 bits per heavy atom. The number of hydrogen-bond donors (Lipinski definition) is 3. The minimum atomic E-state index is -1.07. The van der Waals surface area contributed by atoms with Crippen molar-refractivity contribution in [1.29, 1.82) is 0 Å². The minimum Gasteiger partial charge on any atom is -0.481 e. The predicted octanol–water partition coefficient (Wildman–Crippen LogP) is 0.161. The smallest absolute Gasteiger partial charge is 0.307 e. The molecular formula is C8H15NO4. The van der Waals surface area contributed by atoms with Crippen molar-refractivity contribution in [2.24, 2.45) is 5.92 Å². The van der Waals surface area contributed by atoms with Crippen LogP contribution in [0.3, 0.4) is 0 Å². The molecule has 1 unspecified atom stereocenters. The standard InChI is InChI=1S/C8H15NO4/c1-2-9-4-3-6(8(12)13)5-7(10)11/h6,9H,2-5H2,1H3,(H,10,11)(H,12,13). The lowest BCUT2D eigenvalue weighted by Gasteiger charge is -2.09. The second-order valence-corrected chi connectivity index (χ2v) is 2.78. The van der Waals surface area contributed by atoms with Gasteiger partial charge in [0.25, 0.3) is 0 Å². The van der Waals surface area contributed by atoms with E-state index in [1.165, 1.54) is 0 Å². The van der Waals surface area contributed by atoms with Gasteiger partial charge in [0.05, 0.1) is 12.3 Å². The first-order chi connectivity index (χ1) is 6.07. The van der Waals surface area contributed by atoms with Crippen LogP contribution in [0, 0.1) is 5.92 Å². The van der Waals surface area contributed by atoms with Crippen molar-refractivity contribution in [3.05, 3.63) is 0 Å². The fourth-order valence-corrected chi connectivity index (χ4v) is 0.977. The van der Waals surface area contributed by atoms with E-state index in [2.05, 4.69) is 5.32 Å². The molecule has 0 saturated heterocycles. The van der Waals surface area contributed by atoms with E-state index < -0.39 is 17.9 Å². The van der Waals surface area contributed by atoms with Gasteiger partial charge < -0.3 is 15.5 Å². The zero-order chi connectivity index (χ0) is 10.3. The molecule has 0 aromatic carbocycles. The molecule has 0 aromatic heterocycles. The van der Waals surface area contributed by atoms with Crippen LogP contribution in [0.5, 0.6) is 0 Å².